The Bertz CT molecular complexity index is 118. The second kappa shape index (κ2) is 4.05. The molecule has 3 heteroatoms. The first-order valence-corrected chi connectivity index (χ1v) is 2.16. The third kappa shape index (κ3) is 4.88. The van der Waals surface area contributed by atoms with Gasteiger partial charge in [-0.05, 0) is 6.08 Å². The molecule has 0 unspecified atom stereocenters. The molecule has 0 fully saturated rings. The lowest BCUT2D eigenvalue weighted by Gasteiger charge is -1.78. The zero-order valence-corrected chi connectivity index (χ0v) is 4.33. The maximum Gasteiger partial charge on any atom is 0.221 e. The molecule has 0 aromatic heterocycles. The molecule has 0 saturated carbocycles. The van der Waals surface area contributed by atoms with Crippen molar-refractivity contribution in [3.63, 3.8) is 0 Å². The van der Waals surface area contributed by atoms with E-state index in [-0.39, 0.29) is 6.42 Å². The summed E-state index contributed by atoms with van der Waals surface area (Å²) in [6, 6.07) is 0. The van der Waals surface area contributed by atoms with E-state index in [1.807, 2.05) is 0 Å². The predicted octanol–water partition coefficient (Wildman–Crippen LogP) is -0.383. The van der Waals surface area contributed by atoms with Gasteiger partial charge in [0.25, 0.3) is 0 Å². The average molecular weight is 113 g/mol. The third-order valence-electron chi connectivity index (χ3n) is 0.534. The number of carbonyl (C=O) groups excluding carboxylic acids is 2. The highest BCUT2D eigenvalue weighted by Gasteiger charge is 1.83. The molecular weight excluding hydrogens is 106 g/mol. The fourth-order valence-electron chi connectivity index (χ4n) is 0.240. The highest BCUT2D eigenvalue weighted by Crippen LogP contribution is 1.76. The van der Waals surface area contributed by atoms with Crippen molar-refractivity contribution in [3.8, 4) is 0 Å². The molecule has 0 bridgehead atoms. The molecule has 3 nitrogen and oxygen atoms in total. The smallest absolute Gasteiger partial charge is 0.221 e. The lowest BCUT2D eigenvalue weighted by Crippen LogP contribution is -2.07. The topological polar surface area (TPSA) is 60.2 Å². The van der Waals surface area contributed by atoms with E-state index in [1.165, 1.54) is 12.2 Å². The van der Waals surface area contributed by atoms with Gasteiger partial charge in [0.1, 0.15) is 6.29 Å². The van der Waals surface area contributed by atoms with Gasteiger partial charge in [0.2, 0.25) is 5.91 Å². The Morgan fingerprint density at radius 3 is 2.62 bits per heavy atom. The summed E-state index contributed by atoms with van der Waals surface area (Å²) in [6.07, 6.45) is 3.39. The molecule has 0 rings (SSSR count). The van der Waals surface area contributed by atoms with Crippen LogP contribution in [0.3, 0.4) is 0 Å². The van der Waals surface area contributed by atoms with Gasteiger partial charge in [-0.15, -0.1) is 0 Å². The molecule has 0 aliphatic heterocycles. The van der Waals surface area contributed by atoms with Crippen molar-refractivity contribution in [3.05, 3.63) is 12.2 Å². The van der Waals surface area contributed by atoms with E-state index in [0.717, 1.165) is 0 Å². The van der Waals surface area contributed by atoms with Crippen LogP contribution in [0.1, 0.15) is 6.42 Å². The first kappa shape index (κ1) is 6.88. The fourth-order valence-corrected chi connectivity index (χ4v) is 0.240. The Balaban J connectivity index is 3.29. The molecule has 0 aromatic rings. The van der Waals surface area contributed by atoms with E-state index in [0.29, 0.717) is 6.29 Å². The molecule has 0 spiro atoms. The Morgan fingerprint density at radius 2 is 2.25 bits per heavy atom. The Morgan fingerprint density at radius 1 is 1.62 bits per heavy atom. The Kier molecular flexibility index (Phi) is 3.48. The van der Waals surface area contributed by atoms with Crippen LogP contribution >= 0.6 is 0 Å². The summed E-state index contributed by atoms with van der Waals surface area (Å²) in [5.41, 5.74) is 4.73. The van der Waals surface area contributed by atoms with Crippen LogP contribution in [0, 0.1) is 0 Å². The summed E-state index contributed by atoms with van der Waals surface area (Å²) in [5.74, 6) is -0.428. The van der Waals surface area contributed by atoms with E-state index in [2.05, 4.69) is 0 Å². The second-order valence-corrected chi connectivity index (χ2v) is 1.23. The summed E-state index contributed by atoms with van der Waals surface area (Å²) in [6.45, 7) is 0. The van der Waals surface area contributed by atoms with Crippen molar-refractivity contribution in [1.82, 2.24) is 0 Å². The summed E-state index contributed by atoms with van der Waals surface area (Å²) >= 11 is 0. The van der Waals surface area contributed by atoms with Crippen LogP contribution in [-0.2, 0) is 9.59 Å². The highest BCUT2D eigenvalue weighted by atomic mass is 16.1. The summed E-state index contributed by atoms with van der Waals surface area (Å²) in [7, 11) is 0. The first-order valence-electron chi connectivity index (χ1n) is 2.16. The minimum atomic E-state index is -0.428. The lowest BCUT2D eigenvalue weighted by molar-refractivity contribution is -0.117. The number of rotatable bonds is 3. The largest absolute Gasteiger partial charge is 0.369 e. The van der Waals surface area contributed by atoms with Crippen LogP contribution in [0.15, 0.2) is 12.2 Å². The summed E-state index contributed by atoms with van der Waals surface area (Å²) in [4.78, 5) is 19.5. The summed E-state index contributed by atoms with van der Waals surface area (Å²) < 4.78 is 0. The Labute approximate surface area is 47.2 Å². The lowest BCUT2D eigenvalue weighted by atomic mass is 10.4. The van der Waals surface area contributed by atoms with E-state index in [1.54, 1.807) is 0 Å². The SMILES string of the molecule is NC(=O)CC=CC=O. The molecule has 0 saturated heterocycles. The Hall–Kier alpha value is -1.12. The maximum atomic E-state index is 9.93. The van der Waals surface area contributed by atoms with Gasteiger partial charge in [-0.3, -0.25) is 9.59 Å². The second-order valence-electron chi connectivity index (χ2n) is 1.23. The number of hydrogen-bond acceptors (Lipinski definition) is 2. The van der Waals surface area contributed by atoms with E-state index in [4.69, 9.17) is 5.73 Å². The van der Waals surface area contributed by atoms with Crippen molar-refractivity contribution < 1.29 is 9.59 Å². The molecule has 8 heavy (non-hydrogen) atoms. The van der Waals surface area contributed by atoms with Crippen LogP contribution < -0.4 is 5.73 Å². The molecule has 2 N–H and O–H groups in total. The number of hydrogen-bond donors (Lipinski definition) is 1. The molecule has 0 radical (unpaired) electrons. The van der Waals surface area contributed by atoms with Crippen molar-refractivity contribution in [2.24, 2.45) is 5.73 Å². The van der Waals surface area contributed by atoms with E-state index >= 15 is 0 Å². The van der Waals surface area contributed by atoms with Gasteiger partial charge < -0.3 is 5.73 Å². The van der Waals surface area contributed by atoms with Gasteiger partial charge in [0, 0.05) is 6.42 Å². The molecule has 1 amide bonds. The van der Waals surface area contributed by atoms with Crippen molar-refractivity contribution >= 4 is 12.2 Å². The van der Waals surface area contributed by atoms with Gasteiger partial charge in [-0.2, -0.15) is 0 Å². The molecule has 0 heterocycles. The number of aldehydes is 1. The van der Waals surface area contributed by atoms with Crippen LogP contribution in [0.4, 0.5) is 0 Å². The molecular formula is C5H7NO2. The first-order chi connectivity index (χ1) is 3.77. The number of allylic oxidation sites excluding steroid dienone is 1. The highest BCUT2D eigenvalue weighted by molar-refractivity contribution is 5.76. The predicted molar refractivity (Wildman–Crippen MR) is 29.0 cm³/mol. The normalized spacial score (nSPS) is 9.50. The minimum Gasteiger partial charge on any atom is -0.369 e. The molecule has 0 aliphatic carbocycles. The van der Waals surface area contributed by atoms with Gasteiger partial charge in [0.15, 0.2) is 0 Å². The number of primary amides is 1. The van der Waals surface area contributed by atoms with E-state index < -0.39 is 5.91 Å². The maximum absolute atomic E-state index is 9.93. The number of carbonyl (C=O) groups is 2. The van der Waals surface area contributed by atoms with Crippen LogP contribution in [0.25, 0.3) is 0 Å². The van der Waals surface area contributed by atoms with Gasteiger partial charge >= 0.3 is 0 Å². The quantitative estimate of drug-likeness (QED) is 0.400. The summed E-state index contributed by atoms with van der Waals surface area (Å²) in [5, 5.41) is 0. The van der Waals surface area contributed by atoms with Crippen molar-refractivity contribution in [1.29, 1.82) is 0 Å². The zero-order chi connectivity index (χ0) is 6.41. The van der Waals surface area contributed by atoms with Crippen LogP contribution in [-0.4, -0.2) is 12.2 Å². The van der Waals surface area contributed by atoms with Crippen LogP contribution in [0.2, 0.25) is 0 Å². The molecule has 0 aliphatic rings. The monoisotopic (exact) mass is 113 g/mol. The van der Waals surface area contributed by atoms with Crippen molar-refractivity contribution in [2.45, 2.75) is 6.42 Å². The van der Waals surface area contributed by atoms with Gasteiger partial charge in [-0.25, -0.2) is 0 Å². The number of nitrogens with two attached hydrogens (primary N) is 1. The van der Waals surface area contributed by atoms with Gasteiger partial charge in [-0.1, -0.05) is 6.08 Å². The van der Waals surface area contributed by atoms with Crippen molar-refractivity contribution in [2.75, 3.05) is 0 Å². The van der Waals surface area contributed by atoms with E-state index in [9.17, 15) is 9.59 Å². The van der Waals surface area contributed by atoms with Crippen LogP contribution in [0.5, 0.6) is 0 Å². The fraction of sp³-hybridized carbons (Fsp3) is 0.200. The molecule has 0 atom stereocenters. The molecule has 44 valence electrons. The number of amides is 1. The molecule has 0 aromatic carbocycles. The van der Waals surface area contributed by atoms with Gasteiger partial charge in [0.05, 0.1) is 0 Å². The average Bonchev–Trinajstić information content (AvgIpc) is 1.66. The minimum absolute atomic E-state index is 0.138. The standard InChI is InChI=1S/C5H7NO2/c6-5(8)3-1-2-4-7/h1-2,4H,3H2,(H2,6,8). The zero-order valence-electron chi connectivity index (χ0n) is 4.33. The third-order valence-corrected chi connectivity index (χ3v) is 0.534.